The smallest absolute Gasteiger partial charge is 0.257 e. The quantitative estimate of drug-likeness (QED) is 0.397. The third-order valence-corrected chi connectivity index (χ3v) is 8.10. The number of carbonyl (C=O) groups excluding carboxylic acids is 1. The molecule has 3 aromatic carbocycles. The first kappa shape index (κ1) is 26.2. The number of fused-ring (bicyclic) bond motifs is 1. The van der Waals surface area contributed by atoms with Crippen molar-refractivity contribution in [3.05, 3.63) is 83.4 Å². The number of benzene rings is 3. The van der Waals surface area contributed by atoms with Crippen molar-refractivity contribution in [1.82, 2.24) is 9.91 Å². The van der Waals surface area contributed by atoms with Crippen molar-refractivity contribution in [2.45, 2.75) is 31.7 Å². The van der Waals surface area contributed by atoms with Gasteiger partial charge in [-0.15, -0.1) is 0 Å². The maximum Gasteiger partial charge on any atom is 0.257 e. The molecule has 0 aromatic heterocycles. The average Bonchev–Trinajstić information content (AvgIpc) is 3.66. The monoisotopic (exact) mass is 541 g/mol. The predicted molar refractivity (Wildman–Crippen MR) is 152 cm³/mol. The van der Waals surface area contributed by atoms with Gasteiger partial charge in [-0.25, -0.2) is 5.01 Å². The van der Waals surface area contributed by atoms with Gasteiger partial charge in [0.25, 0.3) is 5.91 Å². The SMILES string of the molecule is COc1ccc(C2=NN(C(=O)CN3CCC(Cc4ccccc4)CC3)C(c3ccc4c(c3)OCO4)C2)c(OC)c1. The Balaban J connectivity index is 1.20. The molecule has 3 aliphatic rings. The minimum atomic E-state index is -0.251. The maximum absolute atomic E-state index is 13.8. The molecule has 0 radical (unpaired) electrons. The summed E-state index contributed by atoms with van der Waals surface area (Å²) in [5.41, 5.74) is 4.00. The molecule has 208 valence electrons. The molecular weight excluding hydrogens is 506 g/mol. The number of carbonyl (C=O) groups is 1. The fourth-order valence-electron chi connectivity index (χ4n) is 5.88. The zero-order valence-corrected chi connectivity index (χ0v) is 23.0. The summed E-state index contributed by atoms with van der Waals surface area (Å²) in [6, 6.07) is 22.0. The minimum absolute atomic E-state index is 0.00773. The van der Waals surface area contributed by atoms with E-state index in [9.17, 15) is 4.79 Å². The minimum Gasteiger partial charge on any atom is -0.497 e. The lowest BCUT2D eigenvalue weighted by Crippen LogP contribution is -2.42. The molecule has 40 heavy (non-hydrogen) atoms. The molecule has 1 amide bonds. The van der Waals surface area contributed by atoms with Crippen molar-refractivity contribution < 1.29 is 23.7 Å². The van der Waals surface area contributed by atoms with Crippen molar-refractivity contribution in [2.75, 3.05) is 40.6 Å². The standard InChI is InChI=1S/C32H35N3O5/c1-37-25-9-10-26(30(18-25)38-2)27-19-28(24-8-11-29-31(17-24)40-21-39-29)35(33-27)32(36)20-34-14-12-23(13-15-34)16-22-6-4-3-5-7-22/h3-11,17-18,23,28H,12-16,19-21H2,1-2H3. The van der Waals surface area contributed by atoms with Crippen LogP contribution in [0.3, 0.4) is 0 Å². The molecule has 8 heteroatoms. The van der Waals surface area contributed by atoms with Crippen molar-refractivity contribution in [3.63, 3.8) is 0 Å². The van der Waals surface area contributed by atoms with Crippen LogP contribution in [0.4, 0.5) is 0 Å². The first-order valence-electron chi connectivity index (χ1n) is 13.9. The Morgan fingerprint density at radius 2 is 1.75 bits per heavy atom. The maximum atomic E-state index is 13.8. The highest BCUT2D eigenvalue weighted by Gasteiger charge is 2.36. The van der Waals surface area contributed by atoms with E-state index in [2.05, 4.69) is 35.2 Å². The Labute approximate surface area is 235 Å². The second kappa shape index (κ2) is 11.6. The molecular formula is C32H35N3O5. The molecule has 0 aliphatic carbocycles. The number of piperidine rings is 1. The van der Waals surface area contributed by atoms with E-state index in [0.29, 0.717) is 36.1 Å². The van der Waals surface area contributed by atoms with Crippen molar-refractivity contribution in [2.24, 2.45) is 11.0 Å². The highest BCUT2D eigenvalue weighted by Crippen LogP contribution is 2.40. The van der Waals surface area contributed by atoms with E-state index < -0.39 is 0 Å². The van der Waals surface area contributed by atoms with Gasteiger partial charge in [0, 0.05) is 18.1 Å². The summed E-state index contributed by atoms with van der Waals surface area (Å²) in [5, 5.41) is 6.55. The van der Waals surface area contributed by atoms with Crippen LogP contribution in [0.15, 0.2) is 71.8 Å². The number of hydrogen-bond donors (Lipinski definition) is 0. The molecule has 0 N–H and O–H groups in total. The Bertz CT molecular complexity index is 1380. The number of likely N-dealkylation sites (tertiary alicyclic amines) is 1. The molecule has 3 heterocycles. The van der Waals surface area contributed by atoms with Gasteiger partial charge in [0.2, 0.25) is 6.79 Å². The van der Waals surface area contributed by atoms with Gasteiger partial charge in [-0.3, -0.25) is 9.69 Å². The Morgan fingerprint density at radius 3 is 2.52 bits per heavy atom. The van der Waals surface area contributed by atoms with Gasteiger partial charge >= 0.3 is 0 Å². The summed E-state index contributed by atoms with van der Waals surface area (Å²) in [7, 11) is 3.26. The number of nitrogens with zero attached hydrogens (tertiary/aromatic N) is 3. The number of methoxy groups -OCH3 is 2. The first-order valence-corrected chi connectivity index (χ1v) is 13.9. The molecule has 0 spiro atoms. The van der Waals surface area contributed by atoms with Gasteiger partial charge in [0.1, 0.15) is 11.5 Å². The van der Waals surface area contributed by atoms with Crippen molar-refractivity contribution in [1.29, 1.82) is 0 Å². The highest BCUT2D eigenvalue weighted by atomic mass is 16.7. The summed E-state index contributed by atoms with van der Waals surface area (Å²) in [6.07, 6.45) is 3.84. The number of rotatable bonds is 8. The predicted octanol–water partition coefficient (Wildman–Crippen LogP) is 5.06. The molecule has 0 bridgehead atoms. The van der Waals surface area contributed by atoms with Gasteiger partial charge in [0.05, 0.1) is 32.5 Å². The number of hydrogen-bond acceptors (Lipinski definition) is 7. The average molecular weight is 542 g/mol. The lowest BCUT2D eigenvalue weighted by molar-refractivity contribution is -0.134. The van der Waals surface area contributed by atoms with Crippen LogP contribution in [0, 0.1) is 5.92 Å². The van der Waals surface area contributed by atoms with Gasteiger partial charge in [0.15, 0.2) is 11.5 Å². The lowest BCUT2D eigenvalue weighted by atomic mass is 9.90. The van der Waals surface area contributed by atoms with E-state index in [-0.39, 0.29) is 18.7 Å². The number of amides is 1. The third-order valence-electron chi connectivity index (χ3n) is 8.10. The largest absolute Gasteiger partial charge is 0.497 e. The van der Waals surface area contributed by atoms with Crippen LogP contribution in [0.1, 0.15) is 42.0 Å². The van der Waals surface area contributed by atoms with Crippen molar-refractivity contribution in [3.8, 4) is 23.0 Å². The topological polar surface area (TPSA) is 72.8 Å². The summed E-state index contributed by atoms with van der Waals surface area (Å²) < 4.78 is 22.2. The fourth-order valence-corrected chi connectivity index (χ4v) is 5.88. The second-order valence-corrected chi connectivity index (χ2v) is 10.6. The van der Waals surface area contributed by atoms with E-state index >= 15 is 0 Å². The molecule has 6 rings (SSSR count). The van der Waals surface area contributed by atoms with Gasteiger partial charge in [-0.1, -0.05) is 36.4 Å². The van der Waals surface area contributed by atoms with Crippen LogP contribution in [0.2, 0.25) is 0 Å². The van der Waals surface area contributed by atoms with Crippen molar-refractivity contribution >= 4 is 11.6 Å². The van der Waals surface area contributed by atoms with Crippen LogP contribution in [-0.2, 0) is 11.2 Å². The fraction of sp³-hybridized carbons (Fsp3) is 0.375. The third kappa shape index (κ3) is 5.49. The van der Waals surface area contributed by atoms with Crippen LogP contribution < -0.4 is 18.9 Å². The van der Waals surface area contributed by atoms with E-state index in [4.69, 9.17) is 24.0 Å². The molecule has 8 nitrogen and oxygen atoms in total. The van der Waals surface area contributed by atoms with Crippen LogP contribution in [-0.4, -0.2) is 62.2 Å². The highest BCUT2D eigenvalue weighted by molar-refractivity contribution is 6.05. The molecule has 1 atom stereocenters. The van der Waals surface area contributed by atoms with Gasteiger partial charge in [-0.05, 0) is 73.7 Å². The summed E-state index contributed by atoms with van der Waals surface area (Å²) in [6.45, 7) is 2.37. The zero-order chi connectivity index (χ0) is 27.5. The molecule has 3 aromatic rings. The van der Waals surface area contributed by atoms with E-state index in [0.717, 1.165) is 54.9 Å². The number of ether oxygens (including phenoxy) is 4. The van der Waals surface area contributed by atoms with Crippen LogP contribution >= 0.6 is 0 Å². The molecule has 0 saturated carbocycles. The summed E-state index contributed by atoms with van der Waals surface area (Å²) >= 11 is 0. The molecule has 1 unspecified atom stereocenters. The summed E-state index contributed by atoms with van der Waals surface area (Å²) in [5.74, 6) is 3.42. The Hall–Kier alpha value is -4.04. The lowest BCUT2D eigenvalue weighted by Gasteiger charge is -2.33. The van der Waals surface area contributed by atoms with E-state index in [1.807, 2.05) is 36.4 Å². The molecule has 1 fully saturated rings. The second-order valence-electron chi connectivity index (χ2n) is 10.6. The Morgan fingerprint density at radius 1 is 0.950 bits per heavy atom. The molecule has 3 aliphatic heterocycles. The van der Waals surface area contributed by atoms with Gasteiger partial charge < -0.3 is 18.9 Å². The number of hydrazone groups is 1. The summed E-state index contributed by atoms with van der Waals surface area (Å²) in [4.78, 5) is 16.1. The van der Waals surface area contributed by atoms with E-state index in [1.165, 1.54) is 5.56 Å². The molecule has 1 saturated heterocycles. The van der Waals surface area contributed by atoms with Crippen LogP contribution in [0.5, 0.6) is 23.0 Å². The van der Waals surface area contributed by atoms with E-state index in [1.54, 1.807) is 19.2 Å². The van der Waals surface area contributed by atoms with Gasteiger partial charge in [-0.2, -0.15) is 5.10 Å². The first-order chi connectivity index (χ1) is 19.6. The Kier molecular flexibility index (Phi) is 7.60. The zero-order valence-electron chi connectivity index (χ0n) is 23.0. The van der Waals surface area contributed by atoms with Crippen LogP contribution in [0.25, 0.3) is 0 Å². The normalized spacial score (nSPS) is 19.0.